The zero-order valence-corrected chi connectivity index (χ0v) is 10.5. The molecule has 0 unspecified atom stereocenters. The summed E-state index contributed by atoms with van der Waals surface area (Å²) < 4.78 is -0.139. The third kappa shape index (κ3) is 5.87. The zero-order chi connectivity index (χ0) is 12.1. The van der Waals surface area contributed by atoms with Crippen LogP contribution < -0.4 is 0 Å². The van der Waals surface area contributed by atoms with Crippen molar-refractivity contribution in [1.82, 2.24) is 9.55 Å². The Bertz CT molecular complexity index is 320. The van der Waals surface area contributed by atoms with Gasteiger partial charge in [0.05, 0.1) is 0 Å². The number of imidazole rings is 1. The normalized spacial score (nSPS) is 10.5. The molecule has 1 N–H and O–H groups in total. The van der Waals surface area contributed by atoms with Gasteiger partial charge in [-0.25, -0.2) is 9.78 Å². The van der Waals surface area contributed by atoms with E-state index in [1.807, 2.05) is 24.0 Å². The minimum atomic E-state index is -2.17. The van der Waals surface area contributed by atoms with E-state index in [4.69, 9.17) is 39.9 Å². The van der Waals surface area contributed by atoms with Crippen LogP contribution in [-0.2, 0) is 18.3 Å². The van der Waals surface area contributed by atoms with E-state index in [0.717, 1.165) is 12.2 Å². The second-order valence-corrected chi connectivity index (χ2v) is 4.89. The number of carbonyl (C=O) groups is 1. The fraction of sp³-hybridized carbons (Fsp3) is 0.500. The minimum Gasteiger partial charge on any atom is -0.478 e. The molecule has 4 nitrogen and oxygen atoms in total. The molecule has 0 atom stereocenters. The molecule has 1 rings (SSSR count). The fourth-order valence-electron chi connectivity index (χ4n) is 0.737. The molecule has 0 amide bonds. The zero-order valence-electron chi connectivity index (χ0n) is 8.25. The lowest BCUT2D eigenvalue weighted by atomic mass is 10.5. The van der Waals surface area contributed by atoms with Crippen LogP contribution in [0.2, 0.25) is 0 Å². The maximum absolute atomic E-state index is 9.62. The van der Waals surface area contributed by atoms with Crippen molar-refractivity contribution in [2.24, 2.45) is 7.05 Å². The Morgan fingerprint density at radius 2 is 2.07 bits per heavy atom. The number of carboxylic acid groups (broad SMARTS) is 1. The summed E-state index contributed by atoms with van der Waals surface area (Å²) in [7, 11) is 2.01. The highest BCUT2D eigenvalue weighted by molar-refractivity contribution is 6.75. The van der Waals surface area contributed by atoms with E-state index in [2.05, 4.69) is 11.9 Å². The lowest BCUT2D eigenvalue weighted by Crippen LogP contribution is -2.16. The summed E-state index contributed by atoms with van der Waals surface area (Å²) in [5.41, 5.74) is 0. The SMILES string of the molecule is CCc1nccn1C.O=C(O)C(Cl)(Cl)Cl. The number of aryl methyl sites for hydroxylation is 2. The van der Waals surface area contributed by atoms with Crippen LogP contribution in [0.3, 0.4) is 0 Å². The Hall–Kier alpha value is -0.450. The summed E-state index contributed by atoms with van der Waals surface area (Å²) >= 11 is 14.4. The molecule has 86 valence electrons. The molecule has 0 radical (unpaired) electrons. The van der Waals surface area contributed by atoms with Gasteiger partial charge in [0.1, 0.15) is 5.82 Å². The lowest BCUT2D eigenvalue weighted by Gasteiger charge is -1.99. The predicted molar refractivity (Wildman–Crippen MR) is 60.5 cm³/mol. The molecule has 0 aliphatic carbocycles. The molecule has 1 aromatic heterocycles. The average molecular weight is 274 g/mol. The van der Waals surface area contributed by atoms with Crippen LogP contribution in [0.4, 0.5) is 0 Å². The first-order valence-corrected chi connectivity index (χ1v) is 5.18. The summed E-state index contributed by atoms with van der Waals surface area (Å²) in [6, 6.07) is 0. The van der Waals surface area contributed by atoms with Gasteiger partial charge in [-0.15, -0.1) is 0 Å². The third-order valence-electron chi connectivity index (χ3n) is 1.48. The van der Waals surface area contributed by atoms with Gasteiger partial charge in [0.2, 0.25) is 0 Å². The average Bonchev–Trinajstić information content (AvgIpc) is 2.50. The van der Waals surface area contributed by atoms with Crippen molar-refractivity contribution in [1.29, 1.82) is 0 Å². The second kappa shape index (κ2) is 6.20. The van der Waals surface area contributed by atoms with Gasteiger partial charge in [0.25, 0.3) is 3.79 Å². The highest BCUT2D eigenvalue weighted by Crippen LogP contribution is 2.25. The molecule has 0 fully saturated rings. The van der Waals surface area contributed by atoms with Crippen LogP contribution in [0.1, 0.15) is 12.7 Å². The van der Waals surface area contributed by atoms with E-state index in [9.17, 15) is 4.79 Å². The summed E-state index contributed by atoms with van der Waals surface area (Å²) in [4.78, 5) is 13.7. The van der Waals surface area contributed by atoms with Crippen molar-refractivity contribution in [2.45, 2.75) is 17.1 Å². The van der Waals surface area contributed by atoms with E-state index < -0.39 is 9.76 Å². The van der Waals surface area contributed by atoms with Gasteiger partial charge in [-0.05, 0) is 0 Å². The standard InChI is InChI=1S/C6H10N2.C2HCl3O2/c1-3-6-7-4-5-8(6)2;3-2(4,5)1(6)7/h4-5H,3H2,1-2H3;(H,6,7). The monoisotopic (exact) mass is 272 g/mol. The smallest absolute Gasteiger partial charge is 0.356 e. The number of nitrogens with zero attached hydrogens (tertiary/aromatic N) is 2. The van der Waals surface area contributed by atoms with Gasteiger partial charge in [0.15, 0.2) is 0 Å². The first-order chi connectivity index (χ1) is 6.79. The van der Waals surface area contributed by atoms with E-state index in [-0.39, 0.29) is 0 Å². The molecule has 0 bridgehead atoms. The van der Waals surface area contributed by atoms with Crippen LogP contribution in [0.5, 0.6) is 0 Å². The molecule has 1 aromatic rings. The van der Waals surface area contributed by atoms with Crippen LogP contribution in [-0.4, -0.2) is 24.4 Å². The van der Waals surface area contributed by atoms with Crippen LogP contribution in [0.25, 0.3) is 0 Å². The van der Waals surface area contributed by atoms with Crippen molar-refractivity contribution in [3.63, 3.8) is 0 Å². The summed E-state index contributed by atoms with van der Waals surface area (Å²) in [5.74, 6) is -0.317. The van der Waals surface area contributed by atoms with E-state index in [1.165, 1.54) is 0 Å². The molecular formula is C8H11Cl3N2O2. The Labute approximate surface area is 103 Å². The van der Waals surface area contributed by atoms with Gasteiger partial charge in [-0.1, -0.05) is 41.7 Å². The minimum absolute atomic E-state index is 1.02. The van der Waals surface area contributed by atoms with E-state index in [0.29, 0.717) is 0 Å². The number of aromatic nitrogens is 2. The molecule has 0 aliphatic heterocycles. The van der Waals surface area contributed by atoms with Gasteiger partial charge in [0, 0.05) is 25.9 Å². The summed E-state index contributed by atoms with van der Waals surface area (Å²) in [6.07, 6.45) is 4.79. The van der Waals surface area contributed by atoms with Crippen LogP contribution >= 0.6 is 34.8 Å². The quantitative estimate of drug-likeness (QED) is 0.800. The maximum atomic E-state index is 9.62. The van der Waals surface area contributed by atoms with Crippen molar-refractivity contribution in [3.8, 4) is 0 Å². The van der Waals surface area contributed by atoms with Crippen LogP contribution in [0, 0.1) is 0 Å². The first-order valence-electron chi connectivity index (χ1n) is 4.05. The number of rotatable bonds is 1. The first kappa shape index (κ1) is 14.6. The van der Waals surface area contributed by atoms with Gasteiger partial charge < -0.3 is 9.67 Å². The molecule has 0 aromatic carbocycles. The van der Waals surface area contributed by atoms with Crippen molar-refractivity contribution in [3.05, 3.63) is 18.2 Å². The van der Waals surface area contributed by atoms with Crippen LogP contribution in [0.15, 0.2) is 12.4 Å². The molecule has 15 heavy (non-hydrogen) atoms. The highest BCUT2D eigenvalue weighted by Gasteiger charge is 2.29. The molecule has 0 saturated carbocycles. The summed E-state index contributed by atoms with van der Waals surface area (Å²) in [6.45, 7) is 2.10. The lowest BCUT2D eigenvalue weighted by molar-refractivity contribution is -0.135. The Balaban J connectivity index is 0.000000265. The van der Waals surface area contributed by atoms with Gasteiger partial charge in [-0.3, -0.25) is 0 Å². The second-order valence-electron chi connectivity index (χ2n) is 2.61. The molecule has 0 aliphatic rings. The number of carboxylic acids is 1. The largest absolute Gasteiger partial charge is 0.478 e. The Morgan fingerprint density at radius 3 is 2.20 bits per heavy atom. The number of aliphatic carboxylic acids is 1. The number of hydrogen-bond donors (Lipinski definition) is 1. The fourth-order valence-corrected chi connectivity index (χ4v) is 0.737. The van der Waals surface area contributed by atoms with Gasteiger partial charge in [-0.2, -0.15) is 0 Å². The number of alkyl halides is 3. The molecule has 1 heterocycles. The number of halogens is 3. The van der Waals surface area contributed by atoms with E-state index >= 15 is 0 Å². The maximum Gasteiger partial charge on any atom is 0.356 e. The number of hydrogen-bond acceptors (Lipinski definition) is 2. The Kier molecular flexibility index (Phi) is 6.02. The van der Waals surface area contributed by atoms with E-state index in [1.54, 1.807) is 0 Å². The summed E-state index contributed by atoms with van der Waals surface area (Å²) in [5, 5.41) is 7.85. The molecular weight excluding hydrogens is 262 g/mol. The van der Waals surface area contributed by atoms with Crippen molar-refractivity contribution >= 4 is 40.8 Å². The predicted octanol–water partition coefficient (Wildman–Crippen LogP) is 2.42. The molecule has 7 heteroatoms. The van der Waals surface area contributed by atoms with Crippen molar-refractivity contribution < 1.29 is 9.90 Å². The van der Waals surface area contributed by atoms with Crippen molar-refractivity contribution in [2.75, 3.05) is 0 Å². The topological polar surface area (TPSA) is 55.1 Å². The Morgan fingerprint density at radius 1 is 1.60 bits per heavy atom. The van der Waals surface area contributed by atoms with Gasteiger partial charge >= 0.3 is 5.97 Å². The molecule has 0 spiro atoms. The third-order valence-corrected chi connectivity index (χ3v) is 1.96. The highest BCUT2D eigenvalue weighted by atomic mass is 35.6. The molecule has 0 saturated heterocycles.